The molecule has 1 aromatic carbocycles. The van der Waals surface area contributed by atoms with Crippen molar-refractivity contribution in [2.75, 3.05) is 13.1 Å². The first-order valence-electron chi connectivity index (χ1n) is 8.69. The molecule has 1 saturated carbocycles. The minimum Gasteiger partial charge on any atom is -0.352 e. The highest BCUT2D eigenvalue weighted by molar-refractivity contribution is 6.39. The highest BCUT2D eigenvalue weighted by Crippen LogP contribution is 2.55. The lowest BCUT2D eigenvalue weighted by Crippen LogP contribution is -2.51. The molecule has 0 radical (unpaired) electrons. The number of benzene rings is 1. The van der Waals surface area contributed by atoms with Crippen molar-refractivity contribution in [3.63, 3.8) is 0 Å². The van der Waals surface area contributed by atoms with Crippen molar-refractivity contribution in [1.29, 1.82) is 0 Å². The molecule has 11 heteroatoms. The van der Waals surface area contributed by atoms with Gasteiger partial charge in [0.2, 0.25) is 5.91 Å². The molecule has 1 spiro atoms. The van der Waals surface area contributed by atoms with Gasteiger partial charge in [0.15, 0.2) is 6.29 Å². The number of hydrogen-bond donors (Lipinski definition) is 2. The standard InChI is InChI=1S/C18H15ClF4N4O2/c19-10-5-24-16(25-6-10)26-14(28)7-27-8-17(4-13(17)20)12-3-9(18(21,22)23)1-2-11(12)15(27)29/h1-3,5-6,13,16,24H,4,7-8H2,(H,26,28)/t13-,16?,17?/m0/s1. The number of aliphatic imine (C=N–C) groups is 1. The number of amides is 2. The summed E-state index contributed by atoms with van der Waals surface area (Å²) in [6.45, 7) is -0.541. The van der Waals surface area contributed by atoms with Crippen LogP contribution in [0.1, 0.15) is 27.9 Å². The van der Waals surface area contributed by atoms with E-state index in [4.69, 9.17) is 11.6 Å². The molecule has 4 rings (SSSR count). The van der Waals surface area contributed by atoms with Crippen LogP contribution < -0.4 is 10.6 Å². The predicted molar refractivity (Wildman–Crippen MR) is 96.0 cm³/mol. The first-order chi connectivity index (χ1) is 13.6. The SMILES string of the molecule is O=C(CN1CC2(C[C@@H]2F)c2cc(C(F)(F)F)ccc2C1=O)NC1N=CC(Cl)=CN1. The van der Waals surface area contributed by atoms with E-state index in [1.165, 1.54) is 12.4 Å². The Balaban J connectivity index is 1.54. The van der Waals surface area contributed by atoms with E-state index in [0.29, 0.717) is 5.03 Å². The zero-order chi connectivity index (χ0) is 21.0. The van der Waals surface area contributed by atoms with Gasteiger partial charge in [0.25, 0.3) is 5.91 Å². The predicted octanol–water partition coefficient (Wildman–Crippen LogP) is 2.29. The summed E-state index contributed by atoms with van der Waals surface area (Å²) in [6, 6.07) is 2.69. The minimum absolute atomic E-state index is 0.00444. The maximum atomic E-state index is 14.2. The molecule has 2 aliphatic heterocycles. The molecular weight excluding hydrogens is 416 g/mol. The number of nitrogens with one attached hydrogen (secondary N) is 2. The average Bonchev–Trinajstić information content (AvgIpc) is 3.30. The first-order valence-corrected chi connectivity index (χ1v) is 9.07. The number of halogens is 5. The van der Waals surface area contributed by atoms with Crippen molar-refractivity contribution in [3.05, 3.63) is 46.1 Å². The van der Waals surface area contributed by atoms with Crippen molar-refractivity contribution in [1.82, 2.24) is 15.5 Å². The summed E-state index contributed by atoms with van der Waals surface area (Å²) in [7, 11) is 0. The van der Waals surface area contributed by atoms with E-state index in [1.54, 1.807) is 0 Å². The summed E-state index contributed by atoms with van der Waals surface area (Å²) in [4.78, 5) is 30.1. The molecule has 154 valence electrons. The van der Waals surface area contributed by atoms with Gasteiger partial charge in [-0.3, -0.25) is 9.59 Å². The number of nitrogens with zero attached hydrogens (tertiary/aromatic N) is 2. The van der Waals surface area contributed by atoms with E-state index in [-0.39, 0.29) is 30.6 Å². The van der Waals surface area contributed by atoms with E-state index in [0.717, 1.165) is 23.1 Å². The lowest BCUT2D eigenvalue weighted by atomic mass is 9.85. The fourth-order valence-corrected chi connectivity index (χ4v) is 3.77. The molecule has 3 atom stereocenters. The summed E-state index contributed by atoms with van der Waals surface area (Å²) in [6.07, 6.45) is -3.95. The second kappa shape index (κ2) is 6.72. The molecule has 1 fully saturated rings. The van der Waals surface area contributed by atoms with Crippen LogP contribution in [0.25, 0.3) is 0 Å². The molecule has 2 N–H and O–H groups in total. The number of carbonyl (C=O) groups is 2. The lowest BCUT2D eigenvalue weighted by Gasteiger charge is -2.35. The van der Waals surface area contributed by atoms with Gasteiger partial charge >= 0.3 is 6.18 Å². The van der Waals surface area contributed by atoms with E-state index in [2.05, 4.69) is 15.6 Å². The normalized spacial score (nSPS) is 28.0. The van der Waals surface area contributed by atoms with Crippen molar-refractivity contribution in [2.24, 2.45) is 4.99 Å². The summed E-state index contributed by atoms with van der Waals surface area (Å²) in [5, 5.41) is 5.61. The van der Waals surface area contributed by atoms with Gasteiger partial charge in [-0.15, -0.1) is 0 Å². The van der Waals surface area contributed by atoms with Gasteiger partial charge in [0, 0.05) is 29.9 Å². The fourth-order valence-electron chi connectivity index (χ4n) is 3.65. The van der Waals surface area contributed by atoms with Crippen molar-refractivity contribution < 1.29 is 27.2 Å². The monoisotopic (exact) mass is 430 g/mol. The van der Waals surface area contributed by atoms with Crippen molar-refractivity contribution in [2.45, 2.75) is 30.5 Å². The number of alkyl halides is 4. The molecule has 6 nitrogen and oxygen atoms in total. The Morgan fingerprint density at radius 1 is 1.41 bits per heavy atom. The maximum Gasteiger partial charge on any atom is 0.416 e. The minimum atomic E-state index is -4.60. The van der Waals surface area contributed by atoms with Gasteiger partial charge < -0.3 is 15.5 Å². The second-order valence-corrected chi connectivity index (χ2v) is 7.63. The maximum absolute atomic E-state index is 14.2. The Hall–Kier alpha value is -2.62. The molecule has 1 aromatic rings. The Bertz CT molecular complexity index is 948. The lowest BCUT2D eigenvalue weighted by molar-refractivity contribution is -0.137. The van der Waals surface area contributed by atoms with Crippen LogP contribution in [0, 0.1) is 0 Å². The van der Waals surface area contributed by atoms with Gasteiger partial charge in [-0.25, -0.2) is 9.38 Å². The zero-order valence-electron chi connectivity index (χ0n) is 14.8. The second-order valence-electron chi connectivity index (χ2n) is 7.19. The summed E-state index contributed by atoms with van der Waals surface area (Å²) < 4.78 is 53.4. The van der Waals surface area contributed by atoms with E-state index in [1.807, 2.05) is 0 Å². The van der Waals surface area contributed by atoms with Gasteiger partial charge in [-0.1, -0.05) is 11.6 Å². The Morgan fingerprint density at radius 2 is 2.14 bits per heavy atom. The third-order valence-corrected chi connectivity index (χ3v) is 5.42. The molecule has 2 unspecified atom stereocenters. The molecule has 0 saturated heterocycles. The number of rotatable bonds is 3. The molecule has 3 aliphatic rings. The number of allylic oxidation sites excluding steroid dienone is 1. The molecule has 0 bridgehead atoms. The summed E-state index contributed by atoms with van der Waals surface area (Å²) in [5.74, 6) is -1.17. The van der Waals surface area contributed by atoms with Crippen LogP contribution in [-0.4, -0.2) is 48.5 Å². The van der Waals surface area contributed by atoms with Crippen LogP contribution in [0.2, 0.25) is 0 Å². The number of carbonyl (C=O) groups excluding carboxylic acids is 2. The van der Waals surface area contributed by atoms with Crippen molar-refractivity contribution >= 4 is 29.6 Å². The third kappa shape index (κ3) is 3.57. The molecule has 2 amide bonds. The van der Waals surface area contributed by atoms with Crippen LogP contribution in [0.4, 0.5) is 17.6 Å². The summed E-state index contributed by atoms with van der Waals surface area (Å²) in [5.41, 5.74) is -2.09. The van der Waals surface area contributed by atoms with Crippen LogP contribution in [0.5, 0.6) is 0 Å². The Labute approximate surface area is 167 Å². The van der Waals surface area contributed by atoms with Crippen LogP contribution in [0.3, 0.4) is 0 Å². The summed E-state index contributed by atoms with van der Waals surface area (Å²) >= 11 is 5.71. The average molecular weight is 431 g/mol. The number of hydrogen-bond acceptors (Lipinski definition) is 4. The Morgan fingerprint density at radius 3 is 2.72 bits per heavy atom. The van der Waals surface area contributed by atoms with Crippen LogP contribution in [-0.2, 0) is 16.4 Å². The van der Waals surface area contributed by atoms with Crippen LogP contribution >= 0.6 is 11.6 Å². The highest BCUT2D eigenvalue weighted by atomic mass is 35.5. The van der Waals surface area contributed by atoms with Gasteiger partial charge in [0.1, 0.15) is 6.17 Å². The molecular formula is C18H15ClF4N4O2. The van der Waals surface area contributed by atoms with E-state index >= 15 is 0 Å². The fraction of sp³-hybridized carbons (Fsp3) is 0.389. The largest absolute Gasteiger partial charge is 0.416 e. The highest BCUT2D eigenvalue weighted by Gasteiger charge is 2.61. The topological polar surface area (TPSA) is 73.8 Å². The van der Waals surface area contributed by atoms with E-state index in [9.17, 15) is 27.2 Å². The van der Waals surface area contributed by atoms with Crippen molar-refractivity contribution in [3.8, 4) is 0 Å². The Kier molecular flexibility index (Phi) is 4.56. The molecule has 29 heavy (non-hydrogen) atoms. The van der Waals surface area contributed by atoms with Gasteiger partial charge in [-0.2, -0.15) is 13.2 Å². The molecule has 2 heterocycles. The zero-order valence-corrected chi connectivity index (χ0v) is 15.5. The first kappa shape index (κ1) is 19.7. The number of fused-ring (bicyclic) bond motifs is 2. The smallest absolute Gasteiger partial charge is 0.352 e. The van der Waals surface area contributed by atoms with Crippen LogP contribution in [0.15, 0.2) is 34.4 Å². The van der Waals surface area contributed by atoms with E-state index < -0.39 is 41.4 Å². The molecule has 0 aromatic heterocycles. The van der Waals surface area contributed by atoms with Gasteiger partial charge in [-0.05, 0) is 30.2 Å². The third-order valence-electron chi connectivity index (χ3n) is 5.22. The quantitative estimate of drug-likeness (QED) is 0.723. The molecule has 1 aliphatic carbocycles. The van der Waals surface area contributed by atoms with Gasteiger partial charge in [0.05, 0.1) is 17.1 Å².